The molecule has 0 aliphatic heterocycles. The fourth-order valence-electron chi connectivity index (χ4n) is 6.85. The molecule has 226 valence electrons. The summed E-state index contributed by atoms with van der Waals surface area (Å²) in [5, 5.41) is 4.50. The van der Waals surface area contributed by atoms with Gasteiger partial charge in [-0.2, -0.15) is 0 Å². The molecular formula is C43H26N2O2S. The van der Waals surface area contributed by atoms with E-state index in [-0.39, 0.29) is 0 Å². The molecule has 0 saturated heterocycles. The Kier molecular flexibility index (Phi) is 6.01. The van der Waals surface area contributed by atoms with E-state index >= 15 is 0 Å². The van der Waals surface area contributed by atoms with Gasteiger partial charge in [0, 0.05) is 43.9 Å². The number of fused-ring (bicyclic) bond motifs is 8. The summed E-state index contributed by atoms with van der Waals surface area (Å²) in [6.45, 7) is 0. The Morgan fingerprint density at radius 1 is 0.479 bits per heavy atom. The number of furan rings is 1. The van der Waals surface area contributed by atoms with Gasteiger partial charge in [-0.25, -0.2) is 4.98 Å². The number of hydrogen-bond donors (Lipinski definition) is 0. The summed E-state index contributed by atoms with van der Waals surface area (Å²) >= 11 is 1.83. The zero-order valence-corrected chi connectivity index (χ0v) is 26.4. The fourth-order valence-corrected chi connectivity index (χ4v) is 8.06. The monoisotopic (exact) mass is 634 g/mol. The van der Waals surface area contributed by atoms with E-state index in [1.165, 1.54) is 31.3 Å². The Hall–Kier alpha value is -6.17. The number of aromatic nitrogens is 1. The molecule has 4 nitrogen and oxygen atoms in total. The van der Waals surface area contributed by atoms with Gasteiger partial charge in [-0.3, -0.25) is 0 Å². The molecule has 7 aromatic carbocycles. The van der Waals surface area contributed by atoms with Crippen molar-refractivity contribution in [1.29, 1.82) is 0 Å². The number of benzene rings is 7. The Morgan fingerprint density at radius 2 is 1.17 bits per heavy atom. The largest absolute Gasteiger partial charge is 0.456 e. The molecule has 5 heteroatoms. The summed E-state index contributed by atoms with van der Waals surface area (Å²) in [6, 6.07) is 55.0. The quantitative estimate of drug-likeness (QED) is 0.189. The first kappa shape index (κ1) is 27.0. The molecule has 3 aromatic heterocycles. The average molecular weight is 635 g/mol. The molecule has 0 aliphatic rings. The highest BCUT2D eigenvalue weighted by molar-refractivity contribution is 7.26. The summed E-state index contributed by atoms with van der Waals surface area (Å²) < 4.78 is 15.3. The van der Waals surface area contributed by atoms with Crippen molar-refractivity contribution in [3.63, 3.8) is 0 Å². The predicted octanol–water partition coefficient (Wildman–Crippen LogP) is 12.9. The minimum absolute atomic E-state index is 0.602. The first-order chi connectivity index (χ1) is 23.8. The molecule has 10 aromatic rings. The van der Waals surface area contributed by atoms with E-state index in [1.54, 1.807) is 0 Å². The van der Waals surface area contributed by atoms with E-state index < -0.39 is 0 Å². The lowest BCUT2D eigenvalue weighted by Crippen LogP contribution is -2.10. The summed E-state index contributed by atoms with van der Waals surface area (Å²) in [6.07, 6.45) is 0. The van der Waals surface area contributed by atoms with Crippen LogP contribution >= 0.6 is 11.3 Å². The van der Waals surface area contributed by atoms with Crippen LogP contribution < -0.4 is 4.90 Å². The van der Waals surface area contributed by atoms with E-state index in [9.17, 15) is 0 Å². The number of thiophene rings is 1. The molecule has 0 bridgehead atoms. The first-order valence-electron chi connectivity index (χ1n) is 16.0. The highest BCUT2D eigenvalue weighted by atomic mass is 32.1. The molecule has 0 aliphatic carbocycles. The Labute approximate surface area is 279 Å². The number of rotatable bonds is 5. The normalized spacial score (nSPS) is 11.8. The third-order valence-corrected chi connectivity index (χ3v) is 10.3. The zero-order valence-electron chi connectivity index (χ0n) is 25.6. The van der Waals surface area contributed by atoms with Crippen LogP contribution in [0.3, 0.4) is 0 Å². The topological polar surface area (TPSA) is 42.4 Å². The third-order valence-electron chi connectivity index (χ3n) is 9.11. The van der Waals surface area contributed by atoms with Crippen LogP contribution in [0.15, 0.2) is 167 Å². The second-order valence-corrected chi connectivity index (χ2v) is 13.0. The SMILES string of the molecule is c1ccc(-c2ccc(N(c3ccc4c(c3)oc3ccc5oc(-c6ccccc6)nc5c34)c3cccc4c3sc3ccccc34)cc2)cc1. The lowest BCUT2D eigenvalue weighted by atomic mass is 10.0. The van der Waals surface area contributed by atoms with Crippen LogP contribution in [0.4, 0.5) is 17.1 Å². The van der Waals surface area contributed by atoms with Crippen molar-refractivity contribution in [3.05, 3.63) is 158 Å². The van der Waals surface area contributed by atoms with E-state index in [4.69, 9.17) is 13.8 Å². The summed E-state index contributed by atoms with van der Waals surface area (Å²) in [5.41, 5.74) is 9.66. The molecule has 48 heavy (non-hydrogen) atoms. The van der Waals surface area contributed by atoms with Crippen LogP contribution in [0.2, 0.25) is 0 Å². The van der Waals surface area contributed by atoms with Gasteiger partial charge in [-0.1, -0.05) is 91.0 Å². The van der Waals surface area contributed by atoms with Crippen molar-refractivity contribution in [2.75, 3.05) is 4.90 Å². The molecule has 0 atom stereocenters. The maximum Gasteiger partial charge on any atom is 0.227 e. The third kappa shape index (κ3) is 4.25. The number of anilines is 3. The maximum absolute atomic E-state index is 6.54. The summed E-state index contributed by atoms with van der Waals surface area (Å²) in [5.74, 6) is 0.602. The van der Waals surface area contributed by atoms with Crippen LogP contribution in [0.1, 0.15) is 0 Å². The van der Waals surface area contributed by atoms with Crippen molar-refractivity contribution in [2.45, 2.75) is 0 Å². The highest BCUT2D eigenvalue weighted by Crippen LogP contribution is 2.46. The molecule has 0 fully saturated rings. The molecule has 3 heterocycles. The number of hydrogen-bond acceptors (Lipinski definition) is 5. The highest BCUT2D eigenvalue weighted by Gasteiger charge is 2.21. The second-order valence-electron chi connectivity index (χ2n) is 12.0. The Morgan fingerprint density at radius 3 is 2.00 bits per heavy atom. The molecule has 0 N–H and O–H groups in total. The van der Waals surface area contributed by atoms with E-state index in [2.05, 4.69) is 120 Å². The maximum atomic E-state index is 6.54. The van der Waals surface area contributed by atoms with Crippen molar-refractivity contribution >= 4 is 81.6 Å². The van der Waals surface area contributed by atoms with Crippen molar-refractivity contribution in [3.8, 4) is 22.6 Å². The van der Waals surface area contributed by atoms with Gasteiger partial charge in [-0.15, -0.1) is 11.3 Å². The summed E-state index contributed by atoms with van der Waals surface area (Å²) in [7, 11) is 0. The smallest absolute Gasteiger partial charge is 0.227 e. The standard InChI is InChI=1S/C43H26N2O2S/c1-3-10-27(11-4-1)28-18-20-30(21-19-28)45(35-16-9-15-33-32-14-7-8-17-39(32)48-42(33)35)31-22-23-34-38(26-31)46-36-24-25-37-41(40(34)36)44-43(47-37)29-12-5-2-6-13-29/h1-26H. The van der Waals surface area contributed by atoms with Gasteiger partial charge in [-0.05, 0) is 71.8 Å². The number of nitrogens with zero attached hydrogens (tertiary/aromatic N) is 2. The van der Waals surface area contributed by atoms with Crippen LogP contribution in [0.25, 0.3) is 75.8 Å². The average Bonchev–Trinajstić information content (AvgIpc) is 3.86. The second kappa shape index (κ2) is 10.7. The predicted molar refractivity (Wildman–Crippen MR) is 200 cm³/mol. The molecule has 0 saturated carbocycles. The fraction of sp³-hybridized carbons (Fsp3) is 0. The van der Waals surface area contributed by atoms with Crippen LogP contribution in [0, 0.1) is 0 Å². The van der Waals surface area contributed by atoms with Gasteiger partial charge in [0.2, 0.25) is 5.89 Å². The molecule has 10 rings (SSSR count). The zero-order chi connectivity index (χ0) is 31.6. The molecule has 0 unspecified atom stereocenters. The lowest BCUT2D eigenvalue weighted by molar-refractivity contribution is 0.619. The molecule has 0 amide bonds. The van der Waals surface area contributed by atoms with E-state index in [0.717, 1.165) is 55.7 Å². The summed E-state index contributed by atoms with van der Waals surface area (Å²) in [4.78, 5) is 7.28. The minimum atomic E-state index is 0.602. The van der Waals surface area contributed by atoms with Gasteiger partial charge in [0.15, 0.2) is 5.58 Å². The van der Waals surface area contributed by atoms with Gasteiger partial charge in [0.05, 0.1) is 15.8 Å². The van der Waals surface area contributed by atoms with Crippen molar-refractivity contribution < 1.29 is 8.83 Å². The molecule has 0 spiro atoms. The van der Waals surface area contributed by atoms with Gasteiger partial charge < -0.3 is 13.7 Å². The lowest BCUT2D eigenvalue weighted by Gasteiger charge is -2.26. The Balaban J connectivity index is 1.17. The van der Waals surface area contributed by atoms with Crippen molar-refractivity contribution in [1.82, 2.24) is 4.98 Å². The molecular weight excluding hydrogens is 609 g/mol. The Bertz CT molecular complexity index is 2780. The van der Waals surface area contributed by atoms with E-state index in [0.29, 0.717) is 5.89 Å². The van der Waals surface area contributed by atoms with Crippen LogP contribution in [-0.4, -0.2) is 4.98 Å². The first-order valence-corrected chi connectivity index (χ1v) is 16.8. The minimum Gasteiger partial charge on any atom is -0.456 e. The van der Waals surface area contributed by atoms with Gasteiger partial charge in [0.1, 0.15) is 16.7 Å². The van der Waals surface area contributed by atoms with Crippen LogP contribution in [0.5, 0.6) is 0 Å². The van der Waals surface area contributed by atoms with E-state index in [1.807, 2.05) is 53.8 Å². The molecule has 0 radical (unpaired) electrons. The van der Waals surface area contributed by atoms with Gasteiger partial charge in [0.25, 0.3) is 0 Å². The number of oxazole rings is 1. The van der Waals surface area contributed by atoms with Crippen LogP contribution in [-0.2, 0) is 0 Å². The van der Waals surface area contributed by atoms with Crippen molar-refractivity contribution in [2.24, 2.45) is 0 Å². The van der Waals surface area contributed by atoms with Gasteiger partial charge >= 0.3 is 0 Å².